The molecule has 4 unspecified atom stereocenters. The summed E-state index contributed by atoms with van der Waals surface area (Å²) in [5.74, 6) is 0.829. The van der Waals surface area contributed by atoms with Crippen LogP contribution in [0.25, 0.3) is 0 Å². The molecule has 1 aliphatic heterocycles. The van der Waals surface area contributed by atoms with E-state index in [0.717, 1.165) is 12.5 Å². The lowest BCUT2D eigenvalue weighted by Crippen LogP contribution is -2.41. The summed E-state index contributed by atoms with van der Waals surface area (Å²) in [6, 6.07) is 1.20. The maximum absolute atomic E-state index is 5.54. The highest BCUT2D eigenvalue weighted by molar-refractivity contribution is 4.81. The van der Waals surface area contributed by atoms with Crippen molar-refractivity contribution in [1.82, 2.24) is 5.32 Å². The van der Waals surface area contributed by atoms with Crippen LogP contribution in [-0.4, -0.2) is 24.8 Å². The lowest BCUT2D eigenvalue weighted by molar-refractivity contribution is 0.110. The van der Waals surface area contributed by atoms with E-state index in [-0.39, 0.29) is 0 Å². The summed E-state index contributed by atoms with van der Waals surface area (Å²) in [5, 5.41) is 3.67. The minimum atomic E-state index is 0.398. The van der Waals surface area contributed by atoms with Crippen molar-refractivity contribution in [3.8, 4) is 0 Å². The Morgan fingerprint density at radius 1 is 1.43 bits per heavy atom. The molecule has 0 aromatic heterocycles. The average molecular weight is 199 g/mol. The Morgan fingerprint density at radius 2 is 2.14 bits per heavy atom. The van der Waals surface area contributed by atoms with Gasteiger partial charge < -0.3 is 10.1 Å². The normalized spacial score (nSPS) is 31.7. The zero-order valence-corrected chi connectivity index (χ0v) is 10.0. The van der Waals surface area contributed by atoms with Crippen LogP contribution in [0.15, 0.2) is 0 Å². The van der Waals surface area contributed by atoms with Gasteiger partial charge in [0.25, 0.3) is 0 Å². The second-order valence-corrected chi connectivity index (χ2v) is 4.79. The van der Waals surface area contributed by atoms with Crippen molar-refractivity contribution in [1.29, 1.82) is 0 Å². The molecule has 0 radical (unpaired) electrons. The van der Waals surface area contributed by atoms with Gasteiger partial charge in [-0.3, -0.25) is 0 Å². The molecule has 1 fully saturated rings. The van der Waals surface area contributed by atoms with E-state index in [4.69, 9.17) is 4.74 Å². The minimum absolute atomic E-state index is 0.398. The molecule has 2 nitrogen and oxygen atoms in total. The van der Waals surface area contributed by atoms with Crippen LogP contribution in [0.2, 0.25) is 0 Å². The summed E-state index contributed by atoms with van der Waals surface area (Å²) in [5.41, 5.74) is 0. The zero-order chi connectivity index (χ0) is 10.6. The molecule has 14 heavy (non-hydrogen) atoms. The van der Waals surface area contributed by atoms with Crippen molar-refractivity contribution < 1.29 is 4.74 Å². The molecule has 1 saturated heterocycles. The van der Waals surface area contributed by atoms with Crippen molar-refractivity contribution in [2.24, 2.45) is 5.92 Å². The fourth-order valence-electron chi connectivity index (χ4n) is 2.15. The summed E-state index contributed by atoms with van der Waals surface area (Å²) in [4.78, 5) is 0. The number of nitrogens with one attached hydrogen (secondary N) is 1. The van der Waals surface area contributed by atoms with E-state index in [1.807, 2.05) is 0 Å². The predicted molar refractivity (Wildman–Crippen MR) is 60.5 cm³/mol. The summed E-state index contributed by atoms with van der Waals surface area (Å²) < 4.78 is 5.54. The Morgan fingerprint density at radius 3 is 2.64 bits per heavy atom. The number of hydrogen-bond donors (Lipinski definition) is 1. The van der Waals surface area contributed by atoms with Crippen LogP contribution < -0.4 is 5.32 Å². The van der Waals surface area contributed by atoms with Crippen molar-refractivity contribution in [2.45, 2.75) is 65.1 Å². The van der Waals surface area contributed by atoms with Crippen molar-refractivity contribution >= 4 is 0 Å². The lowest BCUT2D eigenvalue weighted by Gasteiger charge is -2.23. The smallest absolute Gasteiger partial charge is 0.0700 e. The number of hydrogen-bond acceptors (Lipinski definition) is 2. The van der Waals surface area contributed by atoms with Gasteiger partial charge in [-0.05, 0) is 32.6 Å². The summed E-state index contributed by atoms with van der Waals surface area (Å²) in [7, 11) is 0. The van der Waals surface area contributed by atoms with Gasteiger partial charge in [0.1, 0.15) is 0 Å². The van der Waals surface area contributed by atoms with Crippen molar-refractivity contribution in [3.05, 3.63) is 0 Å². The van der Waals surface area contributed by atoms with E-state index in [9.17, 15) is 0 Å². The molecule has 2 heteroatoms. The van der Waals surface area contributed by atoms with Crippen LogP contribution in [0.5, 0.6) is 0 Å². The average Bonchev–Trinajstić information content (AvgIpc) is 2.51. The van der Waals surface area contributed by atoms with Crippen LogP contribution in [0.3, 0.4) is 0 Å². The van der Waals surface area contributed by atoms with Gasteiger partial charge in [0.15, 0.2) is 0 Å². The Balaban J connectivity index is 2.22. The molecule has 1 aliphatic rings. The molecule has 0 saturated carbocycles. The van der Waals surface area contributed by atoms with Gasteiger partial charge >= 0.3 is 0 Å². The minimum Gasteiger partial charge on any atom is -0.377 e. The standard InChI is InChI=1S/C12H25NO/c1-5-9(2)8-10(3)13-12-6-7-14-11(12)4/h9-13H,5-8H2,1-4H3. The summed E-state index contributed by atoms with van der Waals surface area (Å²) in [6.45, 7) is 9.97. The Bertz CT molecular complexity index is 160. The SMILES string of the molecule is CCC(C)CC(C)NC1CCOC1C. The van der Waals surface area contributed by atoms with E-state index in [0.29, 0.717) is 18.2 Å². The first-order valence-electron chi connectivity index (χ1n) is 6.01. The van der Waals surface area contributed by atoms with Crippen molar-refractivity contribution in [3.63, 3.8) is 0 Å². The van der Waals surface area contributed by atoms with Crippen LogP contribution >= 0.6 is 0 Å². The molecule has 4 atom stereocenters. The van der Waals surface area contributed by atoms with Gasteiger partial charge in [0.05, 0.1) is 6.10 Å². The van der Waals surface area contributed by atoms with Gasteiger partial charge in [-0.15, -0.1) is 0 Å². The van der Waals surface area contributed by atoms with Gasteiger partial charge in [-0.2, -0.15) is 0 Å². The van der Waals surface area contributed by atoms with E-state index in [1.54, 1.807) is 0 Å². The Hall–Kier alpha value is -0.0800. The van der Waals surface area contributed by atoms with Gasteiger partial charge in [0, 0.05) is 18.7 Å². The second kappa shape index (κ2) is 5.72. The molecule has 0 spiro atoms. The molecular formula is C12H25NO. The third kappa shape index (κ3) is 3.58. The van der Waals surface area contributed by atoms with Gasteiger partial charge in [0.2, 0.25) is 0 Å². The zero-order valence-electron chi connectivity index (χ0n) is 10.0. The highest BCUT2D eigenvalue weighted by Gasteiger charge is 2.25. The van der Waals surface area contributed by atoms with E-state index in [1.165, 1.54) is 19.3 Å². The maximum Gasteiger partial charge on any atom is 0.0700 e. The highest BCUT2D eigenvalue weighted by atomic mass is 16.5. The quantitative estimate of drug-likeness (QED) is 0.735. The fourth-order valence-corrected chi connectivity index (χ4v) is 2.15. The molecule has 0 aromatic carbocycles. The highest BCUT2D eigenvalue weighted by Crippen LogP contribution is 2.16. The summed E-state index contributed by atoms with van der Waals surface area (Å²) in [6.07, 6.45) is 4.13. The van der Waals surface area contributed by atoms with Crippen LogP contribution in [0.1, 0.15) is 47.0 Å². The molecule has 1 N–H and O–H groups in total. The largest absolute Gasteiger partial charge is 0.377 e. The van der Waals surface area contributed by atoms with Crippen LogP contribution in [0, 0.1) is 5.92 Å². The molecular weight excluding hydrogens is 174 g/mol. The van der Waals surface area contributed by atoms with E-state index < -0.39 is 0 Å². The Labute approximate surface area is 88.4 Å². The molecule has 0 bridgehead atoms. The number of ether oxygens (including phenoxy) is 1. The lowest BCUT2D eigenvalue weighted by atomic mass is 9.99. The van der Waals surface area contributed by atoms with Crippen molar-refractivity contribution in [2.75, 3.05) is 6.61 Å². The fraction of sp³-hybridized carbons (Fsp3) is 1.00. The third-order valence-electron chi connectivity index (χ3n) is 3.33. The molecule has 1 rings (SSSR count). The monoisotopic (exact) mass is 199 g/mol. The van der Waals surface area contributed by atoms with Crippen LogP contribution in [0.4, 0.5) is 0 Å². The molecule has 0 aromatic rings. The van der Waals surface area contributed by atoms with Crippen LogP contribution in [-0.2, 0) is 4.74 Å². The van der Waals surface area contributed by atoms with E-state index in [2.05, 4.69) is 33.0 Å². The van der Waals surface area contributed by atoms with Gasteiger partial charge in [-0.1, -0.05) is 20.3 Å². The Kier molecular flexibility index (Phi) is 4.90. The first-order chi connectivity index (χ1) is 6.63. The third-order valence-corrected chi connectivity index (χ3v) is 3.33. The maximum atomic E-state index is 5.54. The summed E-state index contributed by atoms with van der Waals surface area (Å²) >= 11 is 0. The van der Waals surface area contributed by atoms with Gasteiger partial charge in [-0.25, -0.2) is 0 Å². The first-order valence-corrected chi connectivity index (χ1v) is 6.01. The second-order valence-electron chi connectivity index (χ2n) is 4.79. The predicted octanol–water partition coefficient (Wildman–Crippen LogP) is 2.58. The molecule has 0 amide bonds. The number of rotatable bonds is 5. The molecule has 0 aliphatic carbocycles. The topological polar surface area (TPSA) is 21.3 Å². The molecule has 1 heterocycles. The van der Waals surface area contributed by atoms with E-state index >= 15 is 0 Å². The first kappa shape index (κ1) is 12.0. The molecule has 84 valence electrons.